The smallest absolute Gasteiger partial charge is 0.156 e. The topological polar surface area (TPSA) is 28.0 Å². The van der Waals surface area contributed by atoms with Crippen LogP contribution in [0.15, 0.2) is 34.1 Å². The van der Waals surface area contributed by atoms with Gasteiger partial charge < -0.3 is 0 Å². The Balaban J connectivity index is 3.11. The van der Waals surface area contributed by atoms with Gasteiger partial charge in [0, 0.05) is 6.20 Å². The summed E-state index contributed by atoms with van der Waals surface area (Å²) in [4.78, 5) is 3.75. The van der Waals surface area contributed by atoms with Crippen molar-refractivity contribution in [1.29, 1.82) is 0 Å². The van der Waals surface area contributed by atoms with Crippen molar-refractivity contribution in [3.8, 4) is 0 Å². The molecule has 0 aromatic rings. The second kappa shape index (κ2) is 4.18. The molecule has 0 saturated carbocycles. The van der Waals surface area contributed by atoms with E-state index in [1.165, 1.54) is 17.5 Å². The summed E-state index contributed by atoms with van der Waals surface area (Å²) >= 11 is 5.77. The van der Waals surface area contributed by atoms with Crippen LogP contribution in [0.2, 0.25) is 0 Å². The average molecular weight is 202 g/mol. The SMILES string of the molecule is C=CN1N=CN=C(Cl)/C1=C(/C)CF. The molecule has 1 aliphatic rings. The maximum atomic E-state index is 12.4. The quantitative estimate of drug-likeness (QED) is 0.674. The lowest BCUT2D eigenvalue weighted by Crippen LogP contribution is -2.20. The minimum Gasteiger partial charge on any atom is -0.246 e. The van der Waals surface area contributed by atoms with E-state index in [0.717, 1.165) is 0 Å². The molecule has 13 heavy (non-hydrogen) atoms. The van der Waals surface area contributed by atoms with E-state index >= 15 is 0 Å². The molecule has 70 valence electrons. The number of allylic oxidation sites excluding steroid dienone is 2. The van der Waals surface area contributed by atoms with Crippen LogP contribution in [0.1, 0.15) is 6.92 Å². The number of alkyl halides is 1. The van der Waals surface area contributed by atoms with Crippen molar-refractivity contribution in [3.63, 3.8) is 0 Å². The van der Waals surface area contributed by atoms with Crippen LogP contribution in [-0.4, -0.2) is 23.2 Å². The summed E-state index contributed by atoms with van der Waals surface area (Å²) in [5.74, 6) is 0. The van der Waals surface area contributed by atoms with E-state index in [9.17, 15) is 4.39 Å². The van der Waals surface area contributed by atoms with Gasteiger partial charge in [-0.25, -0.2) is 14.4 Å². The van der Waals surface area contributed by atoms with Crippen LogP contribution in [0.3, 0.4) is 0 Å². The molecule has 0 aromatic heterocycles. The largest absolute Gasteiger partial charge is 0.246 e. The highest BCUT2D eigenvalue weighted by atomic mass is 35.5. The monoisotopic (exact) mass is 201 g/mol. The van der Waals surface area contributed by atoms with Gasteiger partial charge in [-0.05, 0) is 12.5 Å². The first kappa shape index (κ1) is 9.92. The van der Waals surface area contributed by atoms with Gasteiger partial charge in [0.2, 0.25) is 0 Å². The van der Waals surface area contributed by atoms with Crippen LogP contribution >= 0.6 is 11.6 Å². The first-order valence-electron chi connectivity index (χ1n) is 3.64. The number of aliphatic imine (C=N–C) groups is 1. The van der Waals surface area contributed by atoms with Crippen LogP contribution in [0, 0.1) is 0 Å². The molecule has 0 atom stereocenters. The molecule has 0 saturated heterocycles. The number of halogens is 2. The fourth-order valence-electron chi connectivity index (χ4n) is 0.919. The fourth-order valence-corrected chi connectivity index (χ4v) is 1.21. The first-order valence-corrected chi connectivity index (χ1v) is 4.02. The molecule has 1 rings (SSSR count). The minimum absolute atomic E-state index is 0.227. The Hall–Kier alpha value is -1.16. The van der Waals surface area contributed by atoms with E-state index in [0.29, 0.717) is 11.3 Å². The molecule has 1 heterocycles. The van der Waals surface area contributed by atoms with Crippen molar-refractivity contribution in [3.05, 3.63) is 24.0 Å². The predicted molar refractivity (Wildman–Crippen MR) is 52.5 cm³/mol. The van der Waals surface area contributed by atoms with E-state index in [4.69, 9.17) is 11.6 Å². The number of hydrogen-bond donors (Lipinski definition) is 0. The number of hydrazone groups is 1. The predicted octanol–water partition coefficient (Wildman–Crippen LogP) is 2.27. The maximum Gasteiger partial charge on any atom is 0.156 e. The zero-order valence-corrected chi connectivity index (χ0v) is 7.92. The lowest BCUT2D eigenvalue weighted by molar-refractivity contribution is 0.490. The van der Waals surface area contributed by atoms with Crippen molar-refractivity contribution in [1.82, 2.24) is 5.01 Å². The molecule has 5 heteroatoms. The van der Waals surface area contributed by atoms with Crippen molar-refractivity contribution >= 4 is 23.1 Å². The molecule has 0 radical (unpaired) electrons. The van der Waals surface area contributed by atoms with Gasteiger partial charge in [0.25, 0.3) is 0 Å². The van der Waals surface area contributed by atoms with Gasteiger partial charge in [-0.15, -0.1) is 0 Å². The molecule has 0 fully saturated rings. The Morgan fingerprint density at radius 3 is 3.08 bits per heavy atom. The highest BCUT2D eigenvalue weighted by molar-refractivity contribution is 6.70. The Labute approximate surface area is 80.9 Å². The van der Waals surface area contributed by atoms with E-state index in [1.807, 2.05) is 0 Å². The van der Waals surface area contributed by atoms with Gasteiger partial charge in [-0.2, -0.15) is 5.10 Å². The van der Waals surface area contributed by atoms with Crippen molar-refractivity contribution in [2.45, 2.75) is 6.92 Å². The van der Waals surface area contributed by atoms with Gasteiger partial charge in [-0.1, -0.05) is 18.2 Å². The Bertz CT molecular complexity index is 307. The Kier molecular flexibility index (Phi) is 3.19. The van der Waals surface area contributed by atoms with E-state index in [2.05, 4.69) is 16.7 Å². The Morgan fingerprint density at radius 1 is 1.85 bits per heavy atom. The second-order valence-electron chi connectivity index (χ2n) is 2.44. The van der Waals surface area contributed by atoms with Crippen LogP contribution in [0.4, 0.5) is 4.39 Å². The van der Waals surface area contributed by atoms with Crippen LogP contribution in [-0.2, 0) is 0 Å². The van der Waals surface area contributed by atoms with Crippen LogP contribution in [0.5, 0.6) is 0 Å². The van der Waals surface area contributed by atoms with Gasteiger partial charge in [-0.3, -0.25) is 0 Å². The van der Waals surface area contributed by atoms with Gasteiger partial charge >= 0.3 is 0 Å². The molecule has 0 spiro atoms. The van der Waals surface area contributed by atoms with Crippen LogP contribution in [0.25, 0.3) is 0 Å². The Morgan fingerprint density at radius 2 is 2.54 bits per heavy atom. The average Bonchev–Trinajstić information content (AvgIpc) is 2.16. The highest BCUT2D eigenvalue weighted by Gasteiger charge is 2.16. The van der Waals surface area contributed by atoms with Gasteiger partial charge in [0.15, 0.2) is 5.17 Å². The maximum absolute atomic E-state index is 12.4. The zero-order chi connectivity index (χ0) is 9.84. The standard InChI is InChI=1S/C8H9ClFN3/c1-3-13-7(6(2)4-10)8(9)11-5-12-13/h3,5H,1,4H2,2H3/b7-6+. The fraction of sp³-hybridized carbons (Fsp3) is 0.250. The third-order valence-corrected chi connectivity index (χ3v) is 1.83. The molecule has 0 aromatic carbocycles. The summed E-state index contributed by atoms with van der Waals surface area (Å²) in [5, 5.41) is 5.46. The van der Waals surface area contributed by atoms with Crippen molar-refractivity contribution in [2.24, 2.45) is 10.1 Å². The third-order valence-electron chi connectivity index (χ3n) is 1.55. The summed E-state index contributed by atoms with van der Waals surface area (Å²) in [7, 11) is 0. The molecule has 1 aliphatic heterocycles. The van der Waals surface area contributed by atoms with Gasteiger partial charge in [0.1, 0.15) is 18.7 Å². The molecule has 0 unspecified atom stereocenters. The number of hydrogen-bond acceptors (Lipinski definition) is 3. The summed E-state index contributed by atoms with van der Waals surface area (Å²) in [5.41, 5.74) is 0.937. The molecular formula is C8H9ClFN3. The molecule has 0 bridgehead atoms. The number of nitrogens with zero attached hydrogens (tertiary/aromatic N) is 3. The lowest BCUT2D eigenvalue weighted by atomic mass is 10.2. The molecular weight excluding hydrogens is 193 g/mol. The van der Waals surface area contributed by atoms with E-state index in [-0.39, 0.29) is 5.17 Å². The van der Waals surface area contributed by atoms with Crippen molar-refractivity contribution < 1.29 is 4.39 Å². The third kappa shape index (κ3) is 1.95. The van der Waals surface area contributed by atoms with Crippen LogP contribution < -0.4 is 0 Å². The van der Waals surface area contributed by atoms with Gasteiger partial charge in [0.05, 0.1) is 0 Å². The molecule has 3 nitrogen and oxygen atoms in total. The first-order chi connectivity index (χ1) is 6.20. The number of rotatable bonds is 2. The minimum atomic E-state index is -0.582. The summed E-state index contributed by atoms with van der Waals surface area (Å²) in [6.07, 6.45) is 2.74. The highest BCUT2D eigenvalue weighted by Crippen LogP contribution is 2.18. The van der Waals surface area contributed by atoms with Crippen molar-refractivity contribution in [2.75, 3.05) is 6.67 Å². The summed E-state index contributed by atoms with van der Waals surface area (Å²) in [6.45, 7) is 4.57. The zero-order valence-electron chi connectivity index (χ0n) is 7.17. The summed E-state index contributed by atoms with van der Waals surface area (Å²) in [6, 6.07) is 0. The summed E-state index contributed by atoms with van der Waals surface area (Å²) < 4.78 is 12.4. The van der Waals surface area contributed by atoms with E-state index < -0.39 is 6.67 Å². The normalized spacial score (nSPS) is 19.9. The lowest BCUT2D eigenvalue weighted by Gasteiger charge is -2.20. The molecule has 0 amide bonds. The molecule has 0 N–H and O–H groups in total. The van der Waals surface area contributed by atoms with E-state index in [1.54, 1.807) is 6.92 Å². The second-order valence-corrected chi connectivity index (χ2v) is 2.80. The molecule has 0 aliphatic carbocycles.